The molecule has 1 aliphatic carbocycles. The normalized spacial score (nSPS) is 16.1. The Morgan fingerprint density at radius 1 is 1.33 bits per heavy atom. The van der Waals surface area contributed by atoms with Crippen molar-refractivity contribution in [3.8, 4) is 0 Å². The molecule has 0 aliphatic heterocycles. The molecule has 1 fully saturated rings. The van der Waals surface area contributed by atoms with Crippen LogP contribution in [0.5, 0.6) is 0 Å². The second-order valence-corrected chi connectivity index (χ2v) is 5.70. The number of fused-ring (bicyclic) bond motifs is 1. The number of aromatic nitrogens is 1. The smallest absolute Gasteiger partial charge is 0.0472 e. The maximum absolute atomic E-state index is 5.98. The summed E-state index contributed by atoms with van der Waals surface area (Å²) >= 11 is 5.98. The fourth-order valence-corrected chi connectivity index (χ4v) is 2.79. The van der Waals surface area contributed by atoms with E-state index in [1.807, 2.05) is 12.1 Å². The van der Waals surface area contributed by atoms with Gasteiger partial charge < -0.3 is 10.3 Å². The summed E-state index contributed by atoms with van der Waals surface area (Å²) in [7, 11) is 0. The number of aromatic amines is 1. The highest BCUT2D eigenvalue weighted by molar-refractivity contribution is 6.31. The molecule has 96 valence electrons. The molecule has 0 radical (unpaired) electrons. The highest BCUT2D eigenvalue weighted by Gasteiger charge is 2.16. The second kappa shape index (κ2) is 5.33. The molecule has 2 N–H and O–H groups in total. The lowest BCUT2D eigenvalue weighted by Crippen LogP contribution is -2.20. The van der Waals surface area contributed by atoms with Gasteiger partial charge in [-0.3, -0.25) is 0 Å². The second-order valence-electron chi connectivity index (χ2n) is 5.27. The number of benzene rings is 1. The molecule has 1 aromatic carbocycles. The van der Waals surface area contributed by atoms with Gasteiger partial charge in [0.1, 0.15) is 0 Å². The van der Waals surface area contributed by atoms with Gasteiger partial charge in [-0.1, -0.05) is 36.9 Å². The zero-order chi connectivity index (χ0) is 12.4. The minimum atomic E-state index is 0.786. The zero-order valence-electron chi connectivity index (χ0n) is 10.5. The number of hydrogen-bond acceptors (Lipinski definition) is 1. The van der Waals surface area contributed by atoms with Crippen LogP contribution in [-0.4, -0.2) is 11.5 Å². The third kappa shape index (κ3) is 2.55. The average molecular weight is 263 g/mol. The predicted molar refractivity (Wildman–Crippen MR) is 77.0 cm³/mol. The van der Waals surface area contributed by atoms with E-state index in [2.05, 4.69) is 22.6 Å². The Morgan fingerprint density at radius 2 is 2.22 bits per heavy atom. The van der Waals surface area contributed by atoms with Gasteiger partial charge in [-0.25, -0.2) is 0 Å². The van der Waals surface area contributed by atoms with E-state index in [4.69, 9.17) is 11.6 Å². The molecule has 0 bridgehead atoms. The molecule has 1 heterocycles. The van der Waals surface area contributed by atoms with E-state index in [9.17, 15) is 0 Å². The summed E-state index contributed by atoms with van der Waals surface area (Å²) in [5.74, 6) is 0.985. The van der Waals surface area contributed by atoms with Crippen LogP contribution in [0.2, 0.25) is 5.02 Å². The first-order chi connectivity index (χ1) is 8.83. The average Bonchev–Trinajstić information content (AvgIpc) is 2.69. The summed E-state index contributed by atoms with van der Waals surface area (Å²) in [5, 5.41) is 5.60. The lowest BCUT2D eigenvalue weighted by Gasteiger charge is -2.25. The molecule has 0 atom stereocenters. The maximum Gasteiger partial charge on any atom is 0.0472 e. The number of H-pyrrole nitrogens is 1. The first-order valence-electron chi connectivity index (χ1n) is 6.79. The van der Waals surface area contributed by atoms with Crippen LogP contribution in [-0.2, 0) is 6.54 Å². The quantitative estimate of drug-likeness (QED) is 0.780. The van der Waals surface area contributed by atoms with Crippen LogP contribution in [0.15, 0.2) is 24.4 Å². The highest BCUT2D eigenvalue weighted by Crippen LogP contribution is 2.28. The van der Waals surface area contributed by atoms with Gasteiger partial charge >= 0.3 is 0 Å². The van der Waals surface area contributed by atoms with E-state index in [0.29, 0.717) is 0 Å². The number of rotatable bonds is 5. The molecule has 0 amide bonds. The summed E-state index contributed by atoms with van der Waals surface area (Å²) in [6.45, 7) is 2.07. The van der Waals surface area contributed by atoms with E-state index < -0.39 is 0 Å². The Balaban J connectivity index is 1.57. The molecule has 0 saturated heterocycles. The molecular weight excluding hydrogens is 244 g/mol. The van der Waals surface area contributed by atoms with Gasteiger partial charge in [-0.2, -0.15) is 0 Å². The number of hydrogen-bond donors (Lipinski definition) is 2. The standard InChI is InChI=1S/C15H19ClN2/c16-13-4-5-14-12(10-18-15(14)8-13)9-17-7-6-11-2-1-3-11/h4-5,8,10-11,17-18H,1-3,6-7,9H2. The van der Waals surface area contributed by atoms with Gasteiger partial charge in [0.25, 0.3) is 0 Å². The van der Waals surface area contributed by atoms with Gasteiger partial charge in [-0.05, 0) is 36.6 Å². The minimum absolute atomic E-state index is 0.786. The molecule has 1 aliphatic rings. The van der Waals surface area contributed by atoms with Crippen LogP contribution < -0.4 is 5.32 Å². The van der Waals surface area contributed by atoms with Crippen molar-refractivity contribution in [2.24, 2.45) is 5.92 Å². The highest BCUT2D eigenvalue weighted by atomic mass is 35.5. The summed E-state index contributed by atoms with van der Waals surface area (Å²) < 4.78 is 0. The summed E-state index contributed by atoms with van der Waals surface area (Å²) in [6.07, 6.45) is 7.72. The summed E-state index contributed by atoms with van der Waals surface area (Å²) in [4.78, 5) is 3.28. The van der Waals surface area contributed by atoms with Gasteiger partial charge in [0.15, 0.2) is 0 Å². The van der Waals surface area contributed by atoms with Crippen LogP contribution in [0.4, 0.5) is 0 Å². The van der Waals surface area contributed by atoms with Crippen molar-refractivity contribution in [1.82, 2.24) is 10.3 Å². The molecule has 1 aromatic heterocycles. The molecule has 3 heteroatoms. The minimum Gasteiger partial charge on any atom is -0.361 e. The first kappa shape index (κ1) is 12.1. The Morgan fingerprint density at radius 3 is 3.00 bits per heavy atom. The van der Waals surface area contributed by atoms with Crippen LogP contribution in [0.1, 0.15) is 31.2 Å². The van der Waals surface area contributed by atoms with E-state index >= 15 is 0 Å². The molecule has 2 aromatic rings. The lowest BCUT2D eigenvalue weighted by atomic mass is 9.83. The molecule has 3 rings (SSSR count). The molecule has 0 spiro atoms. The molecule has 18 heavy (non-hydrogen) atoms. The Labute approximate surface area is 113 Å². The van der Waals surface area contributed by atoms with E-state index in [1.54, 1.807) is 0 Å². The van der Waals surface area contributed by atoms with Crippen LogP contribution in [0.3, 0.4) is 0 Å². The monoisotopic (exact) mass is 262 g/mol. The third-order valence-corrected chi connectivity index (χ3v) is 4.23. The number of halogens is 1. The van der Waals surface area contributed by atoms with Crippen LogP contribution in [0, 0.1) is 5.92 Å². The molecular formula is C15H19ClN2. The molecule has 2 nitrogen and oxygen atoms in total. The Kier molecular flexibility index (Phi) is 3.57. The van der Waals surface area contributed by atoms with Crippen LogP contribution in [0.25, 0.3) is 10.9 Å². The van der Waals surface area contributed by atoms with Gasteiger partial charge in [0.2, 0.25) is 0 Å². The third-order valence-electron chi connectivity index (χ3n) is 4.00. The van der Waals surface area contributed by atoms with Gasteiger partial charge in [0, 0.05) is 28.7 Å². The maximum atomic E-state index is 5.98. The van der Waals surface area contributed by atoms with Gasteiger partial charge in [-0.15, -0.1) is 0 Å². The largest absolute Gasteiger partial charge is 0.361 e. The van der Waals surface area contributed by atoms with Crippen molar-refractivity contribution in [2.75, 3.05) is 6.54 Å². The Hall–Kier alpha value is -0.990. The predicted octanol–water partition coefficient (Wildman–Crippen LogP) is 4.10. The molecule has 1 saturated carbocycles. The number of nitrogens with one attached hydrogen (secondary N) is 2. The van der Waals surface area contributed by atoms with Crippen molar-refractivity contribution >= 4 is 22.5 Å². The zero-order valence-corrected chi connectivity index (χ0v) is 11.3. The SMILES string of the molecule is Clc1ccc2c(CNCCC3CCC3)c[nH]c2c1. The first-order valence-corrected chi connectivity index (χ1v) is 7.17. The van der Waals surface area contributed by atoms with Gasteiger partial charge in [0.05, 0.1) is 0 Å². The lowest BCUT2D eigenvalue weighted by molar-refractivity contribution is 0.292. The summed E-state index contributed by atoms with van der Waals surface area (Å²) in [5.41, 5.74) is 2.45. The van der Waals surface area contributed by atoms with Crippen molar-refractivity contribution in [2.45, 2.75) is 32.2 Å². The van der Waals surface area contributed by atoms with Crippen LogP contribution >= 0.6 is 11.6 Å². The van der Waals surface area contributed by atoms with E-state index in [0.717, 1.165) is 29.5 Å². The molecule has 0 unspecified atom stereocenters. The topological polar surface area (TPSA) is 27.8 Å². The van der Waals surface area contributed by atoms with Crippen molar-refractivity contribution in [1.29, 1.82) is 0 Å². The fraction of sp³-hybridized carbons (Fsp3) is 0.467. The van der Waals surface area contributed by atoms with E-state index in [-0.39, 0.29) is 0 Å². The van der Waals surface area contributed by atoms with Crippen molar-refractivity contribution in [3.63, 3.8) is 0 Å². The van der Waals surface area contributed by atoms with Crippen molar-refractivity contribution in [3.05, 3.63) is 35.0 Å². The van der Waals surface area contributed by atoms with Crippen molar-refractivity contribution < 1.29 is 0 Å². The fourth-order valence-electron chi connectivity index (χ4n) is 2.62. The Bertz CT molecular complexity index is 528. The van der Waals surface area contributed by atoms with E-state index in [1.165, 1.54) is 36.6 Å². The summed E-state index contributed by atoms with van der Waals surface area (Å²) in [6, 6.07) is 6.03.